The van der Waals surface area contributed by atoms with Crippen LogP contribution in [0.5, 0.6) is 5.75 Å². The molecule has 0 unspecified atom stereocenters. The van der Waals surface area contributed by atoms with E-state index in [-0.39, 0.29) is 0 Å². The number of ether oxygens (including phenoxy) is 1. The number of aromatic nitrogens is 2. The van der Waals surface area contributed by atoms with Crippen molar-refractivity contribution in [2.45, 2.75) is 39.0 Å². The number of rotatable bonds is 3. The summed E-state index contributed by atoms with van der Waals surface area (Å²) in [5.41, 5.74) is 5.56. The lowest BCUT2D eigenvalue weighted by atomic mass is 9.83. The maximum atomic E-state index is 5.44. The molecule has 1 aromatic carbocycles. The third-order valence-corrected chi connectivity index (χ3v) is 5.76. The Bertz CT molecular complexity index is 880. The third-order valence-electron chi connectivity index (χ3n) is 4.88. The van der Waals surface area contributed by atoms with E-state index in [1.165, 1.54) is 35.9 Å². The molecule has 118 valence electrons. The second kappa shape index (κ2) is 5.60. The first kappa shape index (κ1) is 14.6. The number of hydrogen-bond acceptors (Lipinski definition) is 4. The predicted octanol–water partition coefficient (Wildman–Crippen LogP) is 5.25. The van der Waals surface area contributed by atoms with Gasteiger partial charge in [-0.15, -0.1) is 11.3 Å². The summed E-state index contributed by atoms with van der Waals surface area (Å²) in [5.74, 6) is 1.55. The van der Waals surface area contributed by atoms with E-state index < -0.39 is 0 Å². The van der Waals surface area contributed by atoms with E-state index in [1.807, 2.05) is 6.07 Å². The Kier molecular flexibility index (Phi) is 3.57. The van der Waals surface area contributed by atoms with Crippen LogP contribution in [0.25, 0.3) is 21.6 Å². The van der Waals surface area contributed by atoms with Crippen LogP contribution in [-0.2, 0) is 0 Å². The Morgan fingerprint density at radius 1 is 1.17 bits per heavy atom. The van der Waals surface area contributed by atoms with Crippen LogP contribution in [0.15, 0.2) is 23.6 Å². The van der Waals surface area contributed by atoms with Crippen molar-refractivity contribution in [3.8, 4) is 16.5 Å². The van der Waals surface area contributed by atoms with Crippen molar-refractivity contribution in [1.82, 2.24) is 9.97 Å². The molecule has 1 fully saturated rings. The van der Waals surface area contributed by atoms with Gasteiger partial charge < -0.3 is 4.74 Å². The van der Waals surface area contributed by atoms with Gasteiger partial charge in [0.25, 0.3) is 0 Å². The number of thiazole rings is 1. The van der Waals surface area contributed by atoms with Crippen LogP contribution in [0.1, 0.15) is 42.0 Å². The summed E-state index contributed by atoms with van der Waals surface area (Å²) in [4.78, 5) is 9.75. The summed E-state index contributed by atoms with van der Waals surface area (Å²) in [5, 5.41) is 4.42. The zero-order valence-electron chi connectivity index (χ0n) is 13.7. The predicted molar refractivity (Wildman–Crippen MR) is 95.5 cm³/mol. The van der Waals surface area contributed by atoms with Gasteiger partial charge in [0.05, 0.1) is 24.0 Å². The third kappa shape index (κ3) is 2.41. The molecule has 4 heteroatoms. The quantitative estimate of drug-likeness (QED) is 0.660. The highest BCUT2D eigenvalue weighted by Gasteiger charge is 2.22. The van der Waals surface area contributed by atoms with Gasteiger partial charge in [0.15, 0.2) is 0 Å². The summed E-state index contributed by atoms with van der Waals surface area (Å²) < 4.78 is 5.44. The van der Waals surface area contributed by atoms with Crippen molar-refractivity contribution in [3.05, 3.63) is 40.4 Å². The summed E-state index contributed by atoms with van der Waals surface area (Å²) in [7, 11) is 1.70. The zero-order valence-corrected chi connectivity index (χ0v) is 14.5. The molecule has 3 aromatic rings. The Morgan fingerprint density at radius 2 is 2.00 bits per heavy atom. The highest BCUT2D eigenvalue weighted by molar-refractivity contribution is 7.13. The van der Waals surface area contributed by atoms with Crippen molar-refractivity contribution >= 4 is 22.2 Å². The van der Waals surface area contributed by atoms with Gasteiger partial charge in [0.2, 0.25) is 0 Å². The average molecular weight is 324 g/mol. The van der Waals surface area contributed by atoms with Crippen molar-refractivity contribution < 1.29 is 4.74 Å². The van der Waals surface area contributed by atoms with Crippen LogP contribution in [0, 0.1) is 13.8 Å². The highest BCUT2D eigenvalue weighted by Crippen LogP contribution is 2.38. The fraction of sp³-hybridized carbons (Fsp3) is 0.368. The minimum atomic E-state index is 0.670. The van der Waals surface area contributed by atoms with Gasteiger partial charge in [0.1, 0.15) is 10.8 Å². The van der Waals surface area contributed by atoms with Gasteiger partial charge in [-0.1, -0.05) is 6.42 Å². The monoisotopic (exact) mass is 324 g/mol. The van der Waals surface area contributed by atoms with Gasteiger partial charge in [0, 0.05) is 22.2 Å². The average Bonchev–Trinajstić information content (AvgIpc) is 2.96. The molecule has 1 aliphatic rings. The zero-order chi connectivity index (χ0) is 16.0. The van der Waals surface area contributed by atoms with Crippen LogP contribution >= 0.6 is 11.3 Å². The van der Waals surface area contributed by atoms with Crippen LogP contribution in [0.2, 0.25) is 0 Å². The van der Waals surface area contributed by atoms with Crippen LogP contribution in [0.4, 0.5) is 0 Å². The fourth-order valence-corrected chi connectivity index (χ4v) is 4.07. The summed E-state index contributed by atoms with van der Waals surface area (Å²) in [6, 6.07) is 6.26. The lowest BCUT2D eigenvalue weighted by Gasteiger charge is -2.22. The first-order valence-electron chi connectivity index (χ1n) is 8.08. The Hall–Kier alpha value is -1.94. The maximum absolute atomic E-state index is 5.44. The number of hydrogen-bond donors (Lipinski definition) is 0. The molecule has 2 heterocycles. The van der Waals surface area contributed by atoms with Crippen molar-refractivity contribution in [1.29, 1.82) is 0 Å². The standard InChI is InChI=1S/C19H20N2OS/c1-11-9-15(19-21-16(10-23-19)13-5-4-6-13)20-18-12(2)17(22-3)8-7-14(11)18/h7-10,13H,4-6H2,1-3H3. The molecule has 0 bridgehead atoms. The first-order chi connectivity index (χ1) is 11.2. The van der Waals surface area contributed by atoms with Gasteiger partial charge in [-0.2, -0.15) is 0 Å². The van der Waals surface area contributed by atoms with Crippen molar-refractivity contribution in [3.63, 3.8) is 0 Å². The summed E-state index contributed by atoms with van der Waals surface area (Å²) in [6.07, 6.45) is 3.90. The molecule has 0 spiro atoms. The first-order valence-corrected chi connectivity index (χ1v) is 8.96. The minimum Gasteiger partial charge on any atom is -0.496 e. The lowest BCUT2D eigenvalue weighted by Crippen LogP contribution is -2.08. The summed E-state index contributed by atoms with van der Waals surface area (Å²) in [6.45, 7) is 4.21. The Labute approximate surface area is 140 Å². The Balaban J connectivity index is 1.83. The molecule has 3 nitrogen and oxygen atoms in total. The molecule has 23 heavy (non-hydrogen) atoms. The SMILES string of the molecule is COc1ccc2c(C)cc(-c3nc(C4CCC4)cs3)nc2c1C. The molecule has 1 aliphatic carbocycles. The molecule has 0 radical (unpaired) electrons. The number of nitrogens with zero attached hydrogens (tertiary/aromatic N) is 2. The van der Waals surface area contributed by atoms with Crippen molar-refractivity contribution in [2.75, 3.05) is 7.11 Å². The van der Waals surface area contributed by atoms with E-state index in [2.05, 4.69) is 31.4 Å². The van der Waals surface area contributed by atoms with Gasteiger partial charge in [-0.3, -0.25) is 0 Å². The van der Waals surface area contributed by atoms with E-state index in [0.29, 0.717) is 5.92 Å². The van der Waals surface area contributed by atoms with E-state index in [4.69, 9.17) is 14.7 Å². The minimum absolute atomic E-state index is 0.670. The van der Waals surface area contributed by atoms with E-state index >= 15 is 0 Å². The topological polar surface area (TPSA) is 35.0 Å². The largest absolute Gasteiger partial charge is 0.496 e. The lowest BCUT2D eigenvalue weighted by molar-refractivity contribution is 0.412. The van der Waals surface area contributed by atoms with Gasteiger partial charge in [-0.25, -0.2) is 9.97 Å². The molecule has 2 aromatic heterocycles. The number of pyridine rings is 1. The fourth-order valence-electron chi connectivity index (χ4n) is 3.21. The van der Waals surface area contributed by atoms with E-state index in [0.717, 1.165) is 27.5 Å². The van der Waals surface area contributed by atoms with Gasteiger partial charge in [-0.05, 0) is 50.5 Å². The molecular weight excluding hydrogens is 304 g/mol. The molecule has 1 saturated carbocycles. The van der Waals surface area contributed by atoms with Gasteiger partial charge >= 0.3 is 0 Å². The maximum Gasteiger partial charge on any atom is 0.142 e. The molecule has 0 atom stereocenters. The number of aryl methyl sites for hydroxylation is 2. The normalized spacial score (nSPS) is 14.9. The highest BCUT2D eigenvalue weighted by atomic mass is 32.1. The molecule has 0 saturated heterocycles. The number of methoxy groups -OCH3 is 1. The number of fused-ring (bicyclic) bond motifs is 1. The van der Waals surface area contributed by atoms with E-state index in [1.54, 1.807) is 18.4 Å². The molecule has 0 aliphatic heterocycles. The molecule has 4 rings (SSSR count). The van der Waals surface area contributed by atoms with Crippen molar-refractivity contribution in [2.24, 2.45) is 0 Å². The Morgan fingerprint density at radius 3 is 2.70 bits per heavy atom. The molecular formula is C19H20N2OS. The summed E-state index contributed by atoms with van der Waals surface area (Å²) >= 11 is 1.71. The van der Waals surface area contributed by atoms with Crippen LogP contribution in [0.3, 0.4) is 0 Å². The molecule has 0 N–H and O–H groups in total. The van der Waals surface area contributed by atoms with E-state index in [9.17, 15) is 0 Å². The van der Waals surface area contributed by atoms with Crippen LogP contribution in [-0.4, -0.2) is 17.1 Å². The second-order valence-corrected chi connectivity index (χ2v) is 7.18. The number of benzene rings is 1. The smallest absolute Gasteiger partial charge is 0.142 e. The molecule has 0 amide bonds. The van der Waals surface area contributed by atoms with Crippen LogP contribution < -0.4 is 4.74 Å². The second-order valence-electron chi connectivity index (χ2n) is 6.32.